The maximum Gasteiger partial charge on any atom is 0.0977 e. The first-order valence-electron chi connectivity index (χ1n) is 6.45. The summed E-state index contributed by atoms with van der Waals surface area (Å²) in [5.41, 5.74) is 1.09. The quantitative estimate of drug-likeness (QED) is 0.634. The summed E-state index contributed by atoms with van der Waals surface area (Å²) in [6.07, 6.45) is -1.33. The lowest BCUT2D eigenvalue weighted by Crippen LogP contribution is -2.56. The number of rotatable bonds is 3. The van der Waals surface area contributed by atoms with Crippen LogP contribution in [-0.2, 0) is 0 Å². The lowest BCUT2D eigenvalue weighted by atomic mass is 9.87. The Labute approximate surface area is 107 Å². The molecule has 1 aliphatic carbocycles. The average molecular weight is 251 g/mol. The molecule has 1 aliphatic rings. The Balaban J connectivity index is 2.03. The Morgan fingerprint density at radius 3 is 2.33 bits per heavy atom. The minimum atomic E-state index is -0.917. The van der Waals surface area contributed by atoms with Gasteiger partial charge in [0.05, 0.1) is 24.4 Å². The summed E-state index contributed by atoms with van der Waals surface area (Å²) in [6.45, 7) is 1.98. The van der Waals surface area contributed by atoms with Gasteiger partial charge < -0.3 is 20.6 Å². The molecule has 100 valence electrons. The Hall–Kier alpha value is -0.940. The highest BCUT2D eigenvalue weighted by Gasteiger charge is 2.37. The van der Waals surface area contributed by atoms with Crippen molar-refractivity contribution in [1.29, 1.82) is 0 Å². The minimum Gasteiger partial charge on any atom is -0.391 e. The molecule has 1 saturated carbocycles. The first kappa shape index (κ1) is 13.5. The van der Waals surface area contributed by atoms with Gasteiger partial charge in [-0.3, -0.25) is 0 Å². The predicted molar refractivity (Wildman–Crippen MR) is 69.0 cm³/mol. The largest absolute Gasteiger partial charge is 0.391 e. The summed E-state index contributed by atoms with van der Waals surface area (Å²) in [4.78, 5) is 0. The molecule has 0 spiro atoms. The number of aliphatic hydroxyl groups is 3. The van der Waals surface area contributed by atoms with Gasteiger partial charge in [-0.2, -0.15) is 0 Å². The Bertz CT molecular complexity index is 371. The Morgan fingerprint density at radius 1 is 1.06 bits per heavy atom. The van der Waals surface area contributed by atoms with E-state index in [-0.39, 0.29) is 6.04 Å². The zero-order valence-electron chi connectivity index (χ0n) is 10.5. The summed E-state index contributed by atoms with van der Waals surface area (Å²) in [5, 5.41) is 32.7. The Morgan fingerprint density at radius 2 is 1.67 bits per heavy atom. The number of benzene rings is 1. The van der Waals surface area contributed by atoms with Gasteiger partial charge in [0.15, 0.2) is 0 Å². The van der Waals surface area contributed by atoms with Crippen molar-refractivity contribution in [2.24, 2.45) is 0 Å². The fraction of sp³-hybridized carbons (Fsp3) is 0.571. The van der Waals surface area contributed by atoms with Gasteiger partial charge in [0.2, 0.25) is 0 Å². The third kappa shape index (κ3) is 2.90. The van der Waals surface area contributed by atoms with Crippen molar-refractivity contribution in [3.05, 3.63) is 35.9 Å². The molecule has 4 nitrogen and oxygen atoms in total. The summed E-state index contributed by atoms with van der Waals surface area (Å²) in [6, 6.07) is 9.39. The topological polar surface area (TPSA) is 72.7 Å². The van der Waals surface area contributed by atoms with Gasteiger partial charge in [-0.1, -0.05) is 30.3 Å². The van der Waals surface area contributed by atoms with E-state index in [9.17, 15) is 15.3 Å². The molecule has 1 aromatic rings. The molecule has 0 amide bonds. The van der Waals surface area contributed by atoms with Gasteiger partial charge >= 0.3 is 0 Å². The highest BCUT2D eigenvalue weighted by atomic mass is 16.3. The van der Waals surface area contributed by atoms with E-state index >= 15 is 0 Å². The van der Waals surface area contributed by atoms with Crippen molar-refractivity contribution in [3.63, 3.8) is 0 Å². The molecule has 0 radical (unpaired) electrons. The molecule has 1 aromatic carbocycles. The van der Waals surface area contributed by atoms with Crippen LogP contribution in [0.1, 0.15) is 31.4 Å². The van der Waals surface area contributed by atoms with E-state index in [1.54, 1.807) is 0 Å². The van der Waals surface area contributed by atoms with E-state index in [4.69, 9.17) is 0 Å². The number of hydrogen-bond donors (Lipinski definition) is 4. The zero-order chi connectivity index (χ0) is 13.1. The van der Waals surface area contributed by atoms with Gasteiger partial charge in [-0.25, -0.2) is 0 Å². The highest BCUT2D eigenvalue weighted by Crippen LogP contribution is 2.23. The SMILES string of the molecule is C[C@@H](N[C@H]1[C@@H](O)[C@H](O)CC[C@H]1O)c1ccccc1. The normalized spacial score (nSPS) is 34.2. The first-order chi connectivity index (χ1) is 8.59. The molecule has 4 heteroatoms. The van der Waals surface area contributed by atoms with Crippen molar-refractivity contribution in [1.82, 2.24) is 5.32 Å². The van der Waals surface area contributed by atoms with Crippen LogP contribution in [0.4, 0.5) is 0 Å². The molecular formula is C14H21NO3. The molecule has 0 saturated heterocycles. The standard InChI is InChI=1S/C14H21NO3/c1-9(10-5-3-2-4-6-10)15-13-11(16)7-8-12(17)14(13)18/h2-6,9,11-18H,7-8H2,1H3/t9-,11-,12-,13-,14+/m1/s1. The maximum atomic E-state index is 9.93. The van der Waals surface area contributed by atoms with Crippen molar-refractivity contribution < 1.29 is 15.3 Å². The number of aliphatic hydroxyl groups excluding tert-OH is 3. The fourth-order valence-corrected chi connectivity index (χ4v) is 2.50. The van der Waals surface area contributed by atoms with Crippen LogP contribution in [0.25, 0.3) is 0 Å². The zero-order valence-corrected chi connectivity index (χ0v) is 10.5. The van der Waals surface area contributed by atoms with Crippen LogP contribution in [0, 0.1) is 0 Å². The lowest BCUT2D eigenvalue weighted by Gasteiger charge is -2.38. The predicted octanol–water partition coefficient (Wildman–Crippen LogP) is 0.582. The molecule has 0 unspecified atom stereocenters. The minimum absolute atomic E-state index is 0.0193. The third-order valence-corrected chi connectivity index (χ3v) is 3.68. The van der Waals surface area contributed by atoms with E-state index < -0.39 is 24.4 Å². The molecule has 2 rings (SSSR count). The first-order valence-corrected chi connectivity index (χ1v) is 6.45. The number of hydrogen-bond acceptors (Lipinski definition) is 4. The van der Waals surface area contributed by atoms with Crippen LogP contribution in [0.5, 0.6) is 0 Å². The molecule has 0 aliphatic heterocycles. The lowest BCUT2D eigenvalue weighted by molar-refractivity contribution is -0.0773. The smallest absolute Gasteiger partial charge is 0.0977 e. The molecule has 0 aromatic heterocycles. The Kier molecular flexibility index (Phi) is 4.35. The van der Waals surface area contributed by atoms with Gasteiger partial charge in [0, 0.05) is 6.04 Å². The molecular weight excluding hydrogens is 230 g/mol. The third-order valence-electron chi connectivity index (χ3n) is 3.68. The van der Waals surface area contributed by atoms with E-state index in [2.05, 4.69) is 5.32 Å². The summed E-state index contributed by atoms with van der Waals surface area (Å²) in [5.74, 6) is 0. The van der Waals surface area contributed by atoms with Gasteiger partial charge in [-0.05, 0) is 25.3 Å². The van der Waals surface area contributed by atoms with Crippen LogP contribution in [0.15, 0.2) is 30.3 Å². The van der Waals surface area contributed by atoms with Crippen LogP contribution in [0.3, 0.4) is 0 Å². The molecule has 18 heavy (non-hydrogen) atoms. The molecule has 0 bridgehead atoms. The average Bonchev–Trinajstić information content (AvgIpc) is 2.40. The van der Waals surface area contributed by atoms with Gasteiger partial charge in [0.1, 0.15) is 0 Å². The van der Waals surface area contributed by atoms with Crippen molar-refractivity contribution in [3.8, 4) is 0 Å². The number of nitrogens with one attached hydrogen (secondary N) is 1. The van der Waals surface area contributed by atoms with Crippen molar-refractivity contribution >= 4 is 0 Å². The monoisotopic (exact) mass is 251 g/mol. The molecule has 5 atom stereocenters. The van der Waals surface area contributed by atoms with Crippen molar-refractivity contribution in [2.75, 3.05) is 0 Å². The second-order valence-electron chi connectivity index (χ2n) is 5.03. The molecule has 1 fully saturated rings. The summed E-state index contributed by atoms with van der Waals surface area (Å²) >= 11 is 0. The summed E-state index contributed by atoms with van der Waals surface area (Å²) in [7, 11) is 0. The molecule has 0 heterocycles. The second kappa shape index (κ2) is 5.80. The molecule has 4 N–H and O–H groups in total. The maximum absolute atomic E-state index is 9.93. The van der Waals surface area contributed by atoms with Gasteiger partial charge in [-0.15, -0.1) is 0 Å². The second-order valence-corrected chi connectivity index (χ2v) is 5.03. The van der Waals surface area contributed by atoms with Crippen LogP contribution < -0.4 is 5.32 Å². The van der Waals surface area contributed by atoms with E-state index in [0.29, 0.717) is 12.8 Å². The van der Waals surface area contributed by atoms with Crippen molar-refractivity contribution in [2.45, 2.75) is 50.2 Å². The highest BCUT2D eigenvalue weighted by molar-refractivity contribution is 5.18. The van der Waals surface area contributed by atoms with E-state index in [1.807, 2.05) is 37.3 Å². The van der Waals surface area contributed by atoms with E-state index in [0.717, 1.165) is 5.56 Å². The fourth-order valence-electron chi connectivity index (χ4n) is 2.50. The van der Waals surface area contributed by atoms with Crippen LogP contribution in [0.2, 0.25) is 0 Å². The summed E-state index contributed by atoms with van der Waals surface area (Å²) < 4.78 is 0. The van der Waals surface area contributed by atoms with E-state index in [1.165, 1.54) is 0 Å². The van der Waals surface area contributed by atoms with Crippen LogP contribution in [-0.4, -0.2) is 39.7 Å². The van der Waals surface area contributed by atoms with Crippen LogP contribution >= 0.6 is 0 Å². The van der Waals surface area contributed by atoms with Gasteiger partial charge in [0.25, 0.3) is 0 Å².